The highest BCUT2D eigenvalue weighted by atomic mass is 35.5. The number of amides is 1. The largest absolute Gasteiger partial charge is 0.452 e. The fourth-order valence-electron chi connectivity index (χ4n) is 3.34. The van der Waals surface area contributed by atoms with E-state index < -0.39 is 28.5 Å². The number of morpholine rings is 1. The van der Waals surface area contributed by atoms with Gasteiger partial charge in [0.05, 0.1) is 23.9 Å². The number of aromatic nitrogens is 3. The number of halogens is 1. The van der Waals surface area contributed by atoms with Gasteiger partial charge in [0.15, 0.2) is 12.3 Å². The van der Waals surface area contributed by atoms with E-state index in [2.05, 4.69) is 15.4 Å². The Bertz CT molecular complexity index is 1320. The number of hydrogen-bond acceptors (Lipinski definition) is 8. The Kier molecular flexibility index (Phi) is 6.61. The number of aryl methyl sites for hydroxylation is 1. The summed E-state index contributed by atoms with van der Waals surface area (Å²) in [6.07, 6.45) is 3.16. The summed E-state index contributed by atoms with van der Waals surface area (Å²) < 4.78 is 38.9. The van der Waals surface area contributed by atoms with Gasteiger partial charge in [-0.1, -0.05) is 11.6 Å². The van der Waals surface area contributed by atoms with Crippen LogP contribution in [0.2, 0.25) is 5.02 Å². The summed E-state index contributed by atoms with van der Waals surface area (Å²) in [6, 6.07) is 5.78. The Balaban J connectivity index is 1.44. The normalized spacial score (nSPS) is 14.8. The molecule has 0 bridgehead atoms. The summed E-state index contributed by atoms with van der Waals surface area (Å²) >= 11 is 6.13. The Labute approximate surface area is 194 Å². The van der Waals surface area contributed by atoms with E-state index in [9.17, 15) is 18.0 Å². The fraction of sp³-hybridized carbons (Fsp3) is 0.300. The van der Waals surface area contributed by atoms with Crippen LogP contribution in [-0.2, 0) is 24.3 Å². The van der Waals surface area contributed by atoms with Gasteiger partial charge in [0, 0.05) is 31.2 Å². The van der Waals surface area contributed by atoms with Gasteiger partial charge in [-0.25, -0.2) is 22.7 Å². The molecule has 0 spiro atoms. The van der Waals surface area contributed by atoms with E-state index in [0.717, 1.165) is 0 Å². The molecule has 1 aliphatic rings. The van der Waals surface area contributed by atoms with Crippen molar-refractivity contribution >= 4 is 44.8 Å². The molecule has 0 aliphatic carbocycles. The van der Waals surface area contributed by atoms with Crippen molar-refractivity contribution < 1.29 is 27.5 Å². The third kappa shape index (κ3) is 4.83. The molecule has 1 fully saturated rings. The topological polar surface area (TPSA) is 132 Å². The van der Waals surface area contributed by atoms with E-state index in [-0.39, 0.29) is 34.3 Å². The highest BCUT2D eigenvalue weighted by Gasteiger charge is 2.29. The molecule has 0 radical (unpaired) electrons. The van der Waals surface area contributed by atoms with E-state index in [1.54, 1.807) is 19.2 Å². The molecule has 1 aliphatic heterocycles. The Morgan fingerprint density at radius 3 is 2.79 bits per heavy atom. The average molecular weight is 494 g/mol. The van der Waals surface area contributed by atoms with Crippen molar-refractivity contribution in [2.24, 2.45) is 0 Å². The summed E-state index contributed by atoms with van der Waals surface area (Å²) in [5, 5.41) is 6.73. The quantitative estimate of drug-likeness (QED) is 0.511. The van der Waals surface area contributed by atoms with Gasteiger partial charge < -0.3 is 14.8 Å². The van der Waals surface area contributed by atoms with Crippen LogP contribution in [0.4, 0.5) is 5.69 Å². The Hall–Kier alpha value is -3.06. The number of carbonyl (C=O) groups excluding carboxylic acids is 2. The van der Waals surface area contributed by atoms with E-state index in [1.807, 2.05) is 0 Å². The van der Waals surface area contributed by atoms with Gasteiger partial charge in [-0.3, -0.25) is 4.79 Å². The molecule has 1 saturated heterocycles. The maximum atomic E-state index is 12.9. The summed E-state index contributed by atoms with van der Waals surface area (Å²) in [4.78, 5) is 28.8. The van der Waals surface area contributed by atoms with Crippen molar-refractivity contribution in [1.29, 1.82) is 0 Å². The molecule has 0 saturated carbocycles. The monoisotopic (exact) mass is 493 g/mol. The Morgan fingerprint density at radius 1 is 1.27 bits per heavy atom. The van der Waals surface area contributed by atoms with E-state index >= 15 is 0 Å². The summed E-state index contributed by atoms with van der Waals surface area (Å²) in [5.74, 6) is -1.40. The molecular weight excluding hydrogens is 474 g/mol. The van der Waals surface area contributed by atoms with Crippen LogP contribution < -0.4 is 5.32 Å². The van der Waals surface area contributed by atoms with Crippen LogP contribution >= 0.6 is 11.6 Å². The number of carbonyl (C=O) groups is 2. The van der Waals surface area contributed by atoms with Gasteiger partial charge in [0.25, 0.3) is 5.91 Å². The van der Waals surface area contributed by atoms with Crippen LogP contribution in [0.1, 0.15) is 16.1 Å². The first-order valence-electron chi connectivity index (χ1n) is 9.92. The average Bonchev–Trinajstić information content (AvgIpc) is 3.15. The second-order valence-corrected chi connectivity index (χ2v) is 9.45. The minimum Gasteiger partial charge on any atom is -0.452 e. The number of rotatable bonds is 6. The lowest BCUT2D eigenvalue weighted by Crippen LogP contribution is -2.40. The van der Waals surface area contributed by atoms with Gasteiger partial charge in [-0.2, -0.15) is 9.40 Å². The molecule has 13 heteroatoms. The number of fused-ring (bicyclic) bond motifs is 1. The molecule has 1 amide bonds. The highest BCUT2D eigenvalue weighted by Crippen LogP contribution is 2.28. The minimum absolute atomic E-state index is 0.0296. The number of anilines is 1. The minimum atomic E-state index is -3.86. The molecule has 11 nitrogen and oxygen atoms in total. The molecule has 2 aromatic heterocycles. The third-order valence-electron chi connectivity index (χ3n) is 4.91. The first kappa shape index (κ1) is 23.1. The van der Waals surface area contributed by atoms with Gasteiger partial charge in [-0.05, 0) is 31.2 Å². The molecule has 4 rings (SSSR count). The second kappa shape index (κ2) is 9.43. The van der Waals surface area contributed by atoms with Crippen molar-refractivity contribution in [3.63, 3.8) is 0 Å². The second-order valence-electron chi connectivity index (χ2n) is 7.13. The van der Waals surface area contributed by atoms with Crippen molar-refractivity contribution in [1.82, 2.24) is 18.9 Å². The maximum absolute atomic E-state index is 12.9. The van der Waals surface area contributed by atoms with E-state index in [4.69, 9.17) is 21.1 Å². The van der Waals surface area contributed by atoms with Crippen molar-refractivity contribution in [2.45, 2.75) is 11.8 Å². The smallest absolute Gasteiger partial charge is 0.344 e. The first-order chi connectivity index (χ1) is 15.8. The number of ether oxygens (including phenoxy) is 2. The molecule has 3 heterocycles. The maximum Gasteiger partial charge on any atom is 0.344 e. The van der Waals surface area contributed by atoms with Crippen LogP contribution in [0.3, 0.4) is 0 Å². The lowest BCUT2D eigenvalue weighted by Gasteiger charge is -2.26. The number of benzene rings is 1. The third-order valence-corrected chi connectivity index (χ3v) is 7.29. The van der Waals surface area contributed by atoms with Gasteiger partial charge in [0.1, 0.15) is 10.5 Å². The zero-order chi connectivity index (χ0) is 23.6. The SMILES string of the molecule is Cc1nn2cccnc2c1C(=O)OCC(=O)Nc1ccc(Cl)c(S(=O)(=O)N2CCOCC2)c1. The predicted octanol–water partition coefficient (Wildman–Crippen LogP) is 1.51. The number of hydrogen-bond donors (Lipinski definition) is 1. The van der Waals surface area contributed by atoms with Crippen molar-refractivity contribution in [3.8, 4) is 0 Å². The molecular formula is C20H20ClN5O6S. The highest BCUT2D eigenvalue weighted by molar-refractivity contribution is 7.89. The number of nitrogens with one attached hydrogen (secondary N) is 1. The molecule has 0 atom stereocenters. The van der Waals surface area contributed by atoms with Gasteiger partial charge in [0.2, 0.25) is 10.0 Å². The van der Waals surface area contributed by atoms with Crippen molar-refractivity contribution in [3.05, 3.63) is 52.9 Å². The standard InChI is InChI=1S/C20H20ClN5O6S/c1-13-18(19-22-5-2-6-26(19)24-13)20(28)32-12-17(27)23-14-3-4-15(21)16(11-14)33(29,30)25-7-9-31-10-8-25/h2-6,11H,7-10,12H2,1H3,(H,23,27). The predicted molar refractivity (Wildman–Crippen MR) is 118 cm³/mol. The fourth-order valence-corrected chi connectivity index (χ4v) is 5.25. The molecule has 33 heavy (non-hydrogen) atoms. The van der Waals surface area contributed by atoms with Crippen molar-refractivity contribution in [2.75, 3.05) is 38.2 Å². The zero-order valence-corrected chi connectivity index (χ0v) is 19.1. The van der Waals surface area contributed by atoms with Gasteiger partial charge in [-0.15, -0.1) is 0 Å². The van der Waals surface area contributed by atoms with Crippen LogP contribution in [0.25, 0.3) is 5.65 Å². The molecule has 1 N–H and O–H groups in total. The van der Waals surface area contributed by atoms with Crippen LogP contribution in [0.15, 0.2) is 41.6 Å². The number of nitrogens with zero attached hydrogens (tertiary/aromatic N) is 4. The molecule has 1 aromatic carbocycles. The molecule has 3 aromatic rings. The summed E-state index contributed by atoms with van der Waals surface area (Å²) in [5.41, 5.74) is 1.08. The number of esters is 1. The summed E-state index contributed by atoms with van der Waals surface area (Å²) in [7, 11) is -3.86. The first-order valence-corrected chi connectivity index (χ1v) is 11.7. The lowest BCUT2D eigenvalue weighted by molar-refractivity contribution is -0.119. The zero-order valence-electron chi connectivity index (χ0n) is 17.5. The lowest BCUT2D eigenvalue weighted by atomic mass is 10.2. The van der Waals surface area contributed by atoms with Crippen LogP contribution in [0.5, 0.6) is 0 Å². The molecule has 174 valence electrons. The van der Waals surface area contributed by atoms with E-state index in [0.29, 0.717) is 24.6 Å². The van der Waals surface area contributed by atoms with Gasteiger partial charge >= 0.3 is 5.97 Å². The molecule has 0 unspecified atom stereocenters. The van der Waals surface area contributed by atoms with Crippen LogP contribution in [-0.4, -0.2) is 72.1 Å². The Morgan fingerprint density at radius 2 is 2.03 bits per heavy atom. The summed E-state index contributed by atoms with van der Waals surface area (Å²) in [6.45, 7) is 2.05. The van der Waals surface area contributed by atoms with Crippen LogP contribution in [0, 0.1) is 6.92 Å². The number of sulfonamides is 1. The van der Waals surface area contributed by atoms with E-state index in [1.165, 1.54) is 33.2 Å².